The maximum Gasteiger partial charge on any atom is 0.198 e. The van der Waals surface area contributed by atoms with E-state index in [-0.39, 0.29) is 11.8 Å². The van der Waals surface area contributed by atoms with Crippen LogP contribution in [-0.4, -0.2) is 45.4 Å². The largest absolute Gasteiger partial charge is 0.494 e. The van der Waals surface area contributed by atoms with Crippen molar-refractivity contribution in [3.8, 4) is 11.8 Å². The number of aromatic amines is 1. The van der Waals surface area contributed by atoms with E-state index in [1.165, 1.54) is 6.07 Å². The number of H-pyrrole nitrogens is 1. The van der Waals surface area contributed by atoms with Crippen molar-refractivity contribution >= 4 is 23.2 Å². The highest BCUT2D eigenvalue weighted by Crippen LogP contribution is 2.23. The highest BCUT2D eigenvalue weighted by Gasteiger charge is 2.20. The number of nitrogens with zero attached hydrogens (tertiary/aromatic N) is 6. The Morgan fingerprint density at radius 2 is 2.12 bits per heavy atom. The van der Waals surface area contributed by atoms with Gasteiger partial charge in [0.05, 0.1) is 18.6 Å². The Bertz CT molecular complexity index is 1600. The SMILES string of the molecule is Oc1cc(C=c2cnn3c(=NC4CC4)cc(Nc4cccc(Cn5ccnc5)c4)nc23)c(O)[nH]1. The lowest BCUT2D eigenvalue weighted by molar-refractivity contribution is 0.425. The summed E-state index contributed by atoms with van der Waals surface area (Å²) in [6.45, 7) is 0.721. The zero-order valence-electron chi connectivity index (χ0n) is 18.1. The van der Waals surface area contributed by atoms with Gasteiger partial charge in [-0.1, -0.05) is 12.1 Å². The van der Waals surface area contributed by atoms with Crippen LogP contribution in [0.25, 0.3) is 11.7 Å². The summed E-state index contributed by atoms with van der Waals surface area (Å²) < 4.78 is 3.72. The Kier molecular flexibility index (Phi) is 4.76. The minimum atomic E-state index is -0.122. The smallest absolute Gasteiger partial charge is 0.198 e. The van der Waals surface area contributed by atoms with Gasteiger partial charge in [0.1, 0.15) is 5.82 Å². The quantitative estimate of drug-likeness (QED) is 0.311. The van der Waals surface area contributed by atoms with Crippen molar-refractivity contribution in [3.63, 3.8) is 0 Å². The van der Waals surface area contributed by atoms with Crippen LogP contribution < -0.4 is 16.0 Å². The molecule has 5 aromatic rings. The topological polar surface area (TPSA) is 129 Å². The number of benzene rings is 1. The van der Waals surface area contributed by atoms with Crippen LogP contribution in [0, 0.1) is 0 Å². The average molecular weight is 454 g/mol. The van der Waals surface area contributed by atoms with E-state index in [4.69, 9.17) is 9.98 Å². The number of hydrogen-bond acceptors (Lipinski definition) is 7. The van der Waals surface area contributed by atoms with Gasteiger partial charge in [-0.15, -0.1) is 0 Å². The van der Waals surface area contributed by atoms with Gasteiger partial charge in [-0.05, 0) is 36.6 Å². The zero-order valence-corrected chi connectivity index (χ0v) is 18.1. The van der Waals surface area contributed by atoms with E-state index in [0.29, 0.717) is 33.8 Å². The van der Waals surface area contributed by atoms with E-state index in [1.807, 2.05) is 29.0 Å². The number of aromatic nitrogens is 6. The van der Waals surface area contributed by atoms with Crippen LogP contribution in [0.15, 0.2) is 66.3 Å². The first kappa shape index (κ1) is 20.0. The molecule has 4 aromatic heterocycles. The van der Waals surface area contributed by atoms with Gasteiger partial charge in [0.25, 0.3) is 0 Å². The molecule has 10 nitrogen and oxygen atoms in total. The maximum absolute atomic E-state index is 10.0. The first-order valence-electron chi connectivity index (χ1n) is 11.0. The third-order valence-electron chi connectivity index (χ3n) is 5.59. The van der Waals surface area contributed by atoms with Gasteiger partial charge in [0.2, 0.25) is 0 Å². The highest BCUT2D eigenvalue weighted by atomic mass is 16.3. The van der Waals surface area contributed by atoms with E-state index < -0.39 is 0 Å². The Morgan fingerprint density at radius 3 is 2.88 bits per heavy atom. The molecule has 4 N–H and O–H groups in total. The van der Waals surface area contributed by atoms with E-state index in [9.17, 15) is 10.2 Å². The molecule has 0 spiro atoms. The molecule has 1 aromatic carbocycles. The summed E-state index contributed by atoms with van der Waals surface area (Å²) >= 11 is 0. The number of aromatic hydroxyl groups is 2. The molecule has 0 bridgehead atoms. The fourth-order valence-corrected chi connectivity index (χ4v) is 3.82. The van der Waals surface area contributed by atoms with Crippen LogP contribution in [0.2, 0.25) is 0 Å². The molecule has 6 rings (SSSR count). The molecule has 1 aliphatic carbocycles. The third-order valence-corrected chi connectivity index (χ3v) is 5.59. The Balaban J connectivity index is 1.41. The third kappa shape index (κ3) is 4.08. The predicted octanol–water partition coefficient (Wildman–Crippen LogP) is 2.07. The van der Waals surface area contributed by atoms with Gasteiger partial charge in [0, 0.05) is 47.5 Å². The summed E-state index contributed by atoms with van der Waals surface area (Å²) in [7, 11) is 0. The lowest BCUT2D eigenvalue weighted by Crippen LogP contribution is -2.19. The molecule has 10 heteroatoms. The summed E-state index contributed by atoms with van der Waals surface area (Å²) in [6, 6.07) is 11.8. The Morgan fingerprint density at radius 1 is 1.21 bits per heavy atom. The molecule has 0 radical (unpaired) electrons. The van der Waals surface area contributed by atoms with E-state index >= 15 is 0 Å². The molecule has 0 saturated heterocycles. The van der Waals surface area contributed by atoms with Gasteiger partial charge >= 0.3 is 0 Å². The molecule has 0 atom stereocenters. The van der Waals surface area contributed by atoms with Gasteiger partial charge in [-0.3, -0.25) is 9.98 Å². The summed E-state index contributed by atoms with van der Waals surface area (Å²) in [5.41, 5.74) is 3.79. The second kappa shape index (κ2) is 8.07. The van der Waals surface area contributed by atoms with Crippen LogP contribution >= 0.6 is 0 Å². The number of imidazole rings is 1. The van der Waals surface area contributed by atoms with Crippen LogP contribution in [0.1, 0.15) is 24.0 Å². The van der Waals surface area contributed by atoms with Crippen molar-refractivity contribution < 1.29 is 10.2 Å². The second-order valence-corrected chi connectivity index (χ2v) is 8.36. The maximum atomic E-state index is 10.0. The van der Waals surface area contributed by atoms with E-state index in [0.717, 1.165) is 30.6 Å². The average Bonchev–Trinajstić information content (AvgIpc) is 3.15. The number of rotatable bonds is 6. The van der Waals surface area contributed by atoms with Crippen molar-refractivity contribution in [2.45, 2.75) is 25.4 Å². The van der Waals surface area contributed by atoms with E-state index in [2.05, 4.69) is 32.5 Å². The number of fused-ring (bicyclic) bond motifs is 1. The summed E-state index contributed by atoms with van der Waals surface area (Å²) in [5.74, 6) is 0.405. The highest BCUT2D eigenvalue weighted by molar-refractivity contribution is 5.63. The monoisotopic (exact) mass is 454 g/mol. The van der Waals surface area contributed by atoms with Crippen molar-refractivity contribution in [2.75, 3.05) is 5.32 Å². The van der Waals surface area contributed by atoms with Crippen LogP contribution in [0.5, 0.6) is 11.8 Å². The standard InChI is InChI=1S/C24H22N8O2/c33-22-10-16(24(34)30-22)9-17-12-26-32-21(28-18-4-5-18)11-20(29-23(17)32)27-19-3-1-2-15(8-19)13-31-7-6-25-14-31/h1-3,6-12,14,18,27,30,33-34H,4-5,13H2. The molecule has 1 fully saturated rings. The van der Waals surface area contributed by atoms with Gasteiger partial charge < -0.3 is 20.1 Å². The minimum Gasteiger partial charge on any atom is -0.494 e. The molecule has 0 amide bonds. The molecule has 34 heavy (non-hydrogen) atoms. The second-order valence-electron chi connectivity index (χ2n) is 8.36. The molecule has 170 valence electrons. The van der Waals surface area contributed by atoms with Crippen molar-refractivity contribution in [2.24, 2.45) is 4.99 Å². The van der Waals surface area contributed by atoms with Gasteiger partial charge in [-0.2, -0.15) is 9.61 Å². The number of nitrogens with one attached hydrogen (secondary N) is 2. The fraction of sp³-hybridized carbons (Fsp3) is 0.167. The fourth-order valence-electron chi connectivity index (χ4n) is 3.82. The molecule has 0 aliphatic heterocycles. The van der Waals surface area contributed by atoms with Crippen LogP contribution in [0.3, 0.4) is 0 Å². The number of hydrogen-bond donors (Lipinski definition) is 4. The molecule has 1 saturated carbocycles. The first-order valence-corrected chi connectivity index (χ1v) is 11.0. The Hall–Kier alpha value is -4.60. The van der Waals surface area contributed by atoms with E-state index in [1.54, 1.807) is 29.3 Å². The first-order chi connectivity index (χ1) is 16.6. The van der Waals surface area contributed by atoms with Crippen LogP contribution in [0.4, 0.5) is 11.5 Å². The minimum absolute atomic E-state index is 0.115. The van der Waals surface area contributed by atoms with Crippen molar-refractivity contribution in [1.29, 1.82) is 0 Å². The number of anilines is 2. The molecular formula is C24H22N8O2. The zero-order chi connectivity index (χ0) is 23.1. The van der Waals surface area contributed by atoms with Gasteiger partial charge in [-0.25, -0.2) is 9.97 Å². The summed E-state index contributed by atoms with van der Waals surface area (Å²) in [4.78, 5) is 16.2. The normalized spacial score (nSPS) is 14.8. The summed E-state index contributed by atoms with van der Waals surface area (Å²) in [6.07, 6.45) is 11.0. The Labute approximate surface area is 193 Å². The molecular weight excluding hydrogens is 432 g/mol. The lowest BCUT2D eigenvalue weighted by atomic mass is 10.2. The molecule has 0 unspecified atom stereocenters. The van der Waals surface area contributed by atoms with Gasteiger partial charge in [0.15, 0.2) is 22.9 Å². The van der Waals surface area contributed by atoms with Crippen molar-refractivity contribution in [1.82, 2.24) is 29.1 Å². The van der Waals surface area contributed by atoms with Crippen molar-refractivity contribution in [3.05, 3.63) is 83.1 Å². The molecule has 4 heterocycles. The predicted molar refractivity (Wildman–Crippen MR) is 126 cm³/mol. The van der Waals surface area contributed by atoms with Crippen LogP contribution in [-0.2, 0) is 6.54 Å². The molecule has 1 aliphatic rings. The summed E-state index contributed by atoms with van der Waals surface area (Å²) in [5, 5.41) is 28.2. The lowest BCUT2D eigenvalue weighted by Gasteiger charge is -2.09.